The third-order valence-corrected chi connectivity index (χ3v) is 3.47. The van der Waals surface area contributed by atoms with Gasteiger partial charge in [0.25, 0.3) is 5.91 Å². The number of hydrogen-bond donors (Lipinski definition) is 2. The van der Waals surface area contributed by atoms with Crippen molar-refractivity contribution in [3.63, 3.8) is 0 Å². The van der Waals surface area contributed by atoms with Gasteiger partial charge in [0.1, 0.15) is 0 Å². The van der Waals surface area contributed by atoms with Crippen LogP contribution in [-0.4, -0.2) is 21.1 Å². The minimum Gasteiger partial charge on any atom is -0.319 e. The summed E-state index contributed by atoms with van der Waals surface area (Å²) in [7, 11) is 0. The van der Waals surface area contributed by atoms with Crippen LogP contribution in [0.1, 0.15) is 37.0 Å². The second kappa shape index (κ2) is 5.26. The number of H-pyrrole nitrogens is 1. The van der Waals surface area contributed by atoms with Gasteiger partial charge in [-0.25, -0.2) is 0 Å². The van der Waals surface area contributed by atoms with Gasteiger partial charge in [-0.15, -0.1) is 0 Å². The molecule has 0 aliphatic rings. The first kappa shape index (κ1) is 14.3. The average Bonchev–Trinajstić information content (AvgIpc) is 2.97. The number of hydrogen-bond acceptors (Lipinski definition) is 3. The van der Waals surface area contributed by atoms with Gasteiger partial charge in [0.05, 0.1) is 17.4 Å². The normalized spacial score (nSPS) is 11.6. The van der Waals surface area contributed by atoms with Crippen molar-refractivity contribution >= 4 is 22.5 Å². The molecule has 0 saturated carbocycles. The summed E-state index contributed by atoms with van der Waals surface area (Å²) in [6.07, 6.45) is 1.65. The summed E-state index contributed by atoms with van der Waals surface area (Å²) in [5, 5.41) is 10.8. The lowest BCUT2D eigenvalue weighted by Crippen LogP contribution is -2.13. The molecule has 0 unspecified atom stereocenters. The molecule has 0 aliphatic carbocycles. The maximum Gasteiger partial charge on any atom is 0.276 e. The Balaban J connectivity index is 1.82. The summed E-state index contributed by atoms with van der Waals surface area (Å²) in [5.41, 5.74) is 2.78. The van der Waals surface area contributed by atoms with E-state index in [1.807, 2.05) is 30.3 Å². The standard InChI is InChI=1S/C17H18N4O/c1-17(2,3)15-9-14(20-21-15)16(22)19-12-8-11-6-4-5-7-13(11)18-10-12/h4-10H,1-3H3,(H,19,22)(H,20,21). The second-order valence-electron chi connectivity index (χ2n) is 6.29. The number of nitrogens with one attached hydrogen (secondary N) is 2. The van der Waals surface area contributed by atoms with Crippen molar-refractivity contribution in [3.8, 4) is 0 Å². The Morgan fingerprint density at radius 3 is 2.68 bits per heavy atom. The third-order valence-electron chi connectivity index (χ3n) is 3.47. The van der Waals surface area contributed by atoms with Crippen molar-refractivity contribution in [2.45, 2.75) is 26.2 Å². The molecule has 0 aliphatic heterocycles. The van der Waals surface area contributed by atoms with Crippen molar-refractivity contribution in [3.05, 3.63) is 54.0 Å². The number of para-hydroxylation sites is 1. The van der Waals surface area contributed by atoms with Crippen LogP contribution in [0.3, 0.4) is 0 Å². The molecule has 3 aromatic rings. The Morgan fingerprint density at radius 2 is 1.95 bits per heavy atom. The van der Waals surface area contributed by atoms with Crippen molar-refractivity contribution in [1.29, 1.82) is 0 Å². The first-order valence-corrected chi connectivity index (χ1v) is 7.15. The van der Waals surface area contributed by atoms with E-state index >= 15 is 0 Å². The molecule has 2 aromatic heterocycles. The highest BCUT2D eigenvalue weighted by Gasteiger charge is 2.19. The first-order valence-electron chi connectivity index (χ1n) is 7.15. The number of aromatic nitrogens is 3. The number of nitrogens with zero attached hydrogens (tertiary/aromatic N) is 2. The number of rotatable bonds is 2. The van der Waals surface area contributed by atoms with E-state index in [1.165, 1.54) is 0 Å². The van der Waals surface area contributed by atoms with E-state index in [0.29, 0.717) is 11.4 Å². The number of fused-ring (bicyclic) bond motifs is 1. The topological polar surface area (TPSA) is 70.7 Å². The molecule has 0 bridgehead atoms. The van der Waals surface area contributed by atoms with Crippen LogP contribution in [0.5, 0.6) is 0 Å². The highest BCUT2D eigenvalue weighted by molar-refractivity contribution is 6.03. The van der Waals surface area contributed by atoms with Crippen molar-refractivity contribution < 1.29 is 4.79 Å². The highest BCUT2D eigenvalue weighted by Crippen LogP contribution is 2.21. The zero-order valence-electron chi connectivity index (χ0n) is 12.8. The molecule has 0 spiro atoms. The number of carbonyl (C=O) groups is 1. The predicted molar refractivity (Wildman–Crippen MR) is 87.0 cm³/mol. The summed E-state index contributed by atoms with van der Waals surface area (Å²) < 4.78 is 0. The van der Waals surface area contributed by atoms with Crippen molar-refractivity contribution in [2.75, 3.05) is 5.32 Å². The summed E-state index contributed by atoms with van der Waals surface area (Å²) in [6, 6.07) is 11.5. The van der Waals surface area contributed by atoms with E-state index in [9.17, 15) is 4.79 Å². The molecule has 0 radical (unpaired) electrons. The first-order chi connectivity index (χ1) is 10.4. The van der Waals surface area contributed by atoms with Crippen LogP contribution < -0.4 is 5.32 Å². The quantitative estimate of drug-likeness (QED) is 0.760. The number of anilines is 1. The predicted octanol–water partition coefficient (Wildman–Crippen LogP) is 3.51. The molecule has 0 saturated heterocycles. The van der Waals surface area contributed by atoms with Crippen LogP contribution in [0.15, 0.2) is 42.6 Å². The van der Waals surface area contributed by atoms with E-state index in [-0.39, 0.29) is 11.3 Å². The Hall–Kier alpha value is -2.69. The second-order valence-corrected chi connectivity index (χ2v) is 6.29. The molecular weight excluding hydrogens is 276 g/mol. The molecule has 0 atom stereocenters. The van der Waals surface area contributed by atoms with Gasteiger partial charge in [-0.2, -0.15) is 5.10 Å². The number of pyridine rings is 1. The lowest BCUT2D eigenvalue weighted by molar-refractivity contribution is 0.102. The highest BCUT2D eigenvalue weighted by atomic mass is 16.1. The van der Waals surface area contributed by atoms with Gasteiger partial charge < -0.3 is 5.32 Å². The molecule has 2 heterocycles. The summed E-state index contributed by atoms with van der Waals surface area (Å²) >= 11 is 0. The van der Waals surface area contributed by atoms with Crippen molar-refractivity contribution in [2.24, 2.45) is 0 Å². The monoisotopic (exact) mass is 294 g/mol. The molecule has 112 valence electrons. The average molecular weight is 294 g/mol. The van der Waals surface area contributed by atoms with Gasteiger partial charge in [0.2, 0.25) is 0 Å². The maximum atomic E-state index is 12.3. The van der Waals surface area contributed by atoms with Gasteiger partial charge in [-0.05, 0) is 18.2 Å². The van der Waals surface area contributed by atoms with Crippen molar-refractivity contribution in [1.82, 2.24) is 15.2 Å². The van der Waals surface area contributed by atoms with E-state index < -0.39 is 0 Å². The van der Waals surface area contributed by atoms with E-state index in [2.05, 4.69) is 41.3 Å². The van der Waals surface area contributed by atoms with E-state index in [1.54, 1.807) is 12.3 Å². The van der Waals surface area contributed by atoms with Crippen LogP contribution in [0.25, 0.3) is 10.9 Å². The smallest absolute Gasteiger partial charge is 0.276 e. The fraction of sp³-hybridized carbons (Fsp3) is 0.235. The third kappa shape index (κ3) is 2.83. The fourth-order valence-corrected chi connectivity index (χ4v) is 2.16. The Bertz CT molecular complexity index is 830. The lowest BCUT2D eigenvalue weighted by Gasteiger charge is -2.14. The van der Waals surface area contributed by atoms with Gasteiger partial charge in [0.15, 0.2) is 5.69 Å². The minimum atomic E-state index is -0.246. The molecule has 2 N–H and O–H groups in total. The maximum absolute atomic E-state index is 12.3. The van der Waals surface area contributed by atoms with Gasteiger partial charge in [-0.3, -0.25) is 14.9 Å². The van der Waals surface area contributed by atoms with Crippen LogP contribution in [0.2, 0.25) is 0 Å². The zero-order chi connectivity index (χ0) is 15.7. The van der Waals surface area contributed by atoms with Crippen LogP contribution in [0, 0.1) is 0 Å². The largest absolute Gasteiger partial charge is 0.319 e. The minimum absolute atomic E-state index is 0.0734. The van der Waals surface area contributed by atoms with Gasteiger partial charge in [0, 0.05) is 16.5 Å². The molecule has 22 heavy (non-hydrogen) atoms. The number of aromatic amines is 1. The summed E-state index contributed by atoms with van der Waals surface area (Å²) in [4.78, 5) is 16.6. The lowest BCUT2D eigenvalue weighted by atomic mass is 9.92. The summed E-state index contributed by atoms with van der Waals surface area (Å²) in [6.45, 7) is 6.19. The van der Waals surface area contributed by atoms with Crippen LogP contribution in [0.4, 0.5) is 5.69 Å². The van der Waals surface area contributed by atoms with Gasteiger partial charge in [-0.1, -0.05) is 39.0 Å². The summed E-state index contributed by atoms with van der Waals surface area (Å²) in [5.74, 6) is -0.246. The number of amides is 1. The Morgan fingerprint density at radius 1 is 1.18 bits per heavy atom. The van der Waals surface area contributed by atoms with Crippen LogP contribution >= 0.6 is 0 Å². The molecule has 0 fully saturated rings. The Labute approximate surface area is 128 Å². The van der Waals surface area contributed by atoms with E-state index in [4.69, 9.17) is 0 Å². The molecule has 1 amide bonds. The van der Waals surface area contributed by atoms with Gasteiger partial charge >= 0.3 is 0 Å². The molecule has 1 aromatic carbocycles. The number of carbonyl (C=O) groups excluding carboxylic acids is 1. The SMILES string of the molecule is CC(C)(C)c1cc(C(=O)Nc2cnc3ccccc3c2)n[nH]1. The molecule has 3 rings (SSSR count). The fourth-order valence-electron chi connectivity index (χ4n) is 2.16. The van der Waals surface area contributed by atoms with Crippen LogP contribution in [-0.2, 0) is 5.41 Å². The number of benzene rings is 1. The molecular formula is C17H18N4O. The molecule has 5 nitrogen and oxygen atoms in total. The molecule has 5 heteroatoms. The Kier molecular flexibility index (Phi) is 3.41. The van der Waals surface area contributed by atoms with E-state index in [0.717, 1.165) is 16.6 Å². The zero-order valence-corrected chi connectivity index (χ0v) is 12.8.